The second kappa shape index (κ2) is 9.26. The highest BCUT2D eigenvalue weighted by molar-refractivity contribution is 8.26. The molecule has 0 radical (unpaired) electrons. The van der Waals surface area contributed by atoms with Gasteiger partial charge in [0.2, 0.25) is 5.88 Å². The van der Waals surface area contributed by atoms with Crippen molar-refractivity contribution in [2.45, 2.75) is 18.9 Å². The number of nitrogens with zero attached hydrogens (tertiary/aromatic N) is 3. The Balaban J connectivity index is 1.54. The molecule has 2 aromatic heterocycles. The van der Waals surface area contributed by atoms with E-state index in [1.807, 2.05) is 0 Å². The van der Waals surface area contributed by atoms with Crippen LogP contribution in [0.3, 0.4) is 0 Å². The van der Waals surface area contributed by atoms with Gasteiger partial charge in [0, 0.05) is 17.8 Å². The minimum Gasteiger partial charge on any atom is -0.438 e. The van der Waals surface area contributed by atoms with Gasteiger partial charge in [0.15, 0.2) is 0 Å². The second-order valence-electron chi connectivity index (χ2n) is 7.55. The maximum Gasteiger partial charge on any atom is 0.269 e. The number of pyridine rings is 1. The Bertz CT molecular complexity index is 1330. The zero-order valence-electron chi connectivity index (χ0n) is 17.3. The van der Waals surface area contributed by atoms with Crippen molar-refractivity contribution in [1.82, 2.24) is 14.3 Å². The normalized spacial score (nSPS) is 19.7. The number of rotatable bonds is 5. The van der Waals surface area contributed by atoms with Crippen molar-refractivity contribution in [2.75, 3.05) is 13.2 Å². The fourth-order valence-electron chi connectivity index (χ4n) is 3.68. The largest absolute Gasteiger partial charge is 0.438 e. The van der Waals surface area contributed by atoms with E-state index in [0.717, 1.165) is 24.6 Å². The minimum atomic E-state index is -0.353. The summed E-state index contributed by atoms with van der Waals surface area (Å²) in [5, 5.41) is 0.559. The Kier molecular flexibility index (Phi) is 6.20. The Labute approximate surface area is 204 Å². The Hall–Kier alpha value is -2.72. The molecule has 1 atom stereocenters. The van der Waals surface area contributed by atoms with Crippen LogP contribution in [0.15, 0.2) is 58.4 Å². The van der Waals surface area contributed by atoms with Gasteiger partial charge in [0.25, 0.3) is 11.5 Å². The van der Waals surface area contributed by atoms with Crippen molar-refractivity contribution in [1.29, 1.82) is 0 Å². The van der Waals surface area contributed by atoms with E-state index in [1.54, 1.807) is 48.7 Å². The third-order valence-electron chi connectivity index (χ3n) is 5.32. The third-order valence-corrected chi connectivity index (χ3v) is 6.95. The van der Waals surface area contributed by atoms with Crippen LogP contribution in [-0.4, -0.2) is 43.8 Å². The first-order valence-electron chi connectivity index (χ1n) is 10.3. The molecule has 1 amide bonds. The summed E-state index contributed by atoms with van der Waals surface area (Å²) in [6, 6.07) is 12.0. The predicted molar refractivity (Wildman–Crippen MR) is 132 cm³/mol. The lowest BCUT2D eigenvalue weighted by Crippen LogP contribution is -2.35. The van der Waals surface area contributed by atoms with E-state index in [9.17, 15) is 9.59 Å². The highest BCUT2D eigenvalue weighted by Gasteiger charge is 2.35. The Morgan fingerprint density at radius 2 is 2.06 bits per heavy atom. The molecule has 2 saturated heterocycles. The lowest BCUT2D eigenvalue weighted by Gasteiger charge is -2.18. The molecule has 2 aliphatic heterocycles. The van der Waals surface area contributed by atoms with E-state index in [-0.39, 0.29) is 29.0 Å². The highest BCUT2D eigenvalue weighted by atomic mass is 35.5. The molecule has 1 unspecified atom stereocenters. The molecule has 3 aromatic rings. The molecular weight excluding hydrogens is 482 g/mol. The molecule has 0 spiro atoms. The standard InChI is InChI=1S/C23H18ClN3O4S2/c24-14-6-8-15(9-7-14)31-20-17(21(28)26-10-2-1-5-19(26)25-20)12-18-22(29)27(23(32)33-18)13-16-4-3-11-30-16/h1-2,5-10,12,16H,3-4,11,13H2. The lowest BCUT2D eigenvalue weighted by molar-refractivity contribution is -0.123. The number of fused-ring (bicyclic) bond motifs is 1. The Morgan fingerprint density at radius 3 is 2.82 bits per heavy atom. The average molecular weight is 500 g/mol. The number of hydrogen-bond donors (Lipinski definition) is 0. The van der Waals surface area contributed by atoms with Crippen LogP contribution < -0.4 is 10.3 Å². The van der Waals surface area contributed by atoms with Gasteiger partial charge < -0.3 is 9.47 Å². The van der Waals surface area contributed by atoms with Gasteiger partial charge in [0.05, 0.1) is 17.6 Å². The molecule has 168 valence electrons. The van der Waals surface area contributed by atoms with E-state index >= 15 is 0 Å². The average Bonchev–Trinajstić information content (AvgIpc) is 3.42. The quantitative estimate of drug-likeness (QED) is 0.377. The van der Waals surface area contributed by atoms with Crippen LogP contribution in [0.5, 0.6) is 11.6 Å². The molecule has 4 heterocycles. The summed E-state index contributed by atoms with van der Waals surface area (Å²) in [7, 11) is 0. The van der Waals surface area contributed by atoms with E-state index in [4.69, 9.17) is 33.3 Å². The van der Waals surface area contributed by atoms with Crippen LogP contribution >= 0.6 is 35.6 Å². The van der Waals surface area contributed by atoms with Crippen LogP contribution in [-0.2, 0) is 9.53 Å². The van der Waals surface area contributed by atoms with Crippen molar-refractivity contribution < 1.29 is 14.3 Å². The predicted octanol–water partition coefficient (Wildman–Crippen LogP) is 4.52. The van der Waals surface area contributed by atoms with Crippen LogP contribution in [0.1, 0.15) is 18.4 Å². The van der Waals surface area contributed by atoms with Crippen molar-refractivity contribution in [3.63, 3.8) is 0 Å². The van der Waals surface area contributed by atoms with E-state index in [2.05, 4.69) is 4.98 Å². The number of carbonyl (C=O) groups excluding carboxylic acids is 1. The summed E-state index contributed by atoms with van der Waals surface area (Å²) in [5.74, 6) is 0.306. The zero-order valence-corrected chi connectivity index (χ0v) is 19.7. The van der Waals surface area contributed by atoms with Crippen molar-refractivity contribution in [3.8, 4) is 11.6 Å². The van der Waals surface area contributed by atoms with Gasteiger partial charge in [-0.15, -0.1) is 0 Å². The molecule has 10 heteroatoms. The summed E-state index contributed by atoms with van der Waals surface area (Å²) >= 11 is 12.6. The van der Waals surface area contributed by atoms with Gasteiger partial charge in [-0.1, -0.05) is 41.6 Å². The number of ether oxygens (including phenoxy) is 2. The molecule has 0 aliphatic carbocycles. The van der Waals surface area contributed by atoms with Gasteiger partial charge in [0.1, 0.15) is 21.3 Å². The van der Waals surface area contributed by atoms with Gasteiger partial charge in [-0.2, -0.15) is 4.98 Å². The van der Waals surface area contributed by atoms with Crippen LogP contribution in [0, 0.1) is 0 Å². The van der Waals surface area contributed by atoms with Gasteiger partial charge in [-0.05, 0) is 55.3 Å². The molecule has 0 N–H and O–H groups in total. The second-order valence-corrected chi connectivity index (χ2v) is 9.66. The number of thiocarbonyl (C=S) groups is 1. The maximum absolute atomic E-state index is 13.3. The molecule has 0 bridgehead atoms. The number of hydrogen-bond acceptors (Lipinski definition) is 7. The molecule has 33 heavy (non-hydrogen) atoms. The summed E-state index contributed by atoms with van der Waals surface area (Å²) < 4.78 is 13.4. The number of benzene rings is 1. The first-order valence-corrected chi connectivity index (χ1v) is 11.9. The molecule has 2 fully saturated rings. The molecule has 2 aliphatic rings. The van der Waals surface area contributed by atoms with E-state index in [0.29, 0.717) is 38.8 Å². The maximum atomic E-state index is 13.3. The van der Waals surface area contributed by atoms with Gasteiger partial charge in [-0.25, -0.2) is 0 Å². The molecule has 0 saturated carbocycles. The van der Waals surface area contributed by atoms with Gasteiger partial charge in [-0.3, -0.25) is 18.9 Å². The smallest absolute Gasteiger partial charge is 0.269 e. The number of halogens is 1. The monoisotopic (exact) mass is 499 g/mol. The van der Waals surface area contributed by atoms with Crippen LogP contribution in [0.25, 0.3) is 11.7 Å². The molecule has 7 nitrogen and oxygen atoms in total. The fourth-order valence-corrected chi connectivity index (χ4v) is 5.06. The third kappa shape index (κ3) is 4.54. The fraction of sp³-hybridized carbons (Fsp3) is 0.217. The summed E-state index contributed by atoms with van der Waals surface area (Å²) in [6.45, 7) is 1.10. The van der Waals surface area contributed by atoms with Crippen LogP contribution in [0.4, 0.5) is 0 Å². The summed E-state index contributed by atoms with van der Waals surface area (Å²) in [6.07, 6.45) is 4.97. The minimum absolute atomic E-state index is 0.0244. The molecule has 5 rings (SSSR count). The van der Waals surface area contributed by atoms with Crippen LogP contribution in [0.2, 0.25) is 5.02 Å². The lowest BCUT2D eigenvalue weighted by atomic mass is 10.2. The highest BCUT2D eigenvalue weighted by Crippen LogP contribution is 2.35. The number of thioether (sulfide) groups is 1. The molecular formula is C23H18ClN3O4S2. The molecule has 1 aromatic carbocycles. The number of aromatic nitrogens is 2. The van der Waals surface area contributed by atoms with E-state index < -0.39 is 0 Å². The zero-order chi connectivity index (χ0) is 22.9. The number of amides is 1. The van der Waals surface area contributed by atoms with E-state index in [1.165, 1.54) is 15.4 Å². The first-order chi connectivity index (χ1) is 16.0. The number of carbonyl (C=O) groups is 1. The van der Waals surface area contributed by atoms with Crippen molar-refractivity contribution >= 4 is 57.5 Å². The SMILES string of the molecule is O=C1C(=Cc2c(Oc3ccc(Cl)cc3)nc3ccccn3c2=O)SC(=S)N1CC1CCCO1. The topological polar surface area (TPSA) is 73.1 Å². The van der Waals surface area contributed by atoms with Gasteiger partial charge >= 0.3 is 0 Å². The van der Waals surface area contributed by atoms with Crippen molar-refractivity contribution in [2.24, 2.45) is 0 Å². The summed E-state index contributed by atoms with van der Waals surface area (Å²) in [5.41, 5.74) is 0.231. The van der Waals surface area contributed by atoms with Crippen molar-refractivity contribution in [3.05, 3.63) is 74.5 Å². The summed E-state index contributed by atoms with van der Waals surface area (Å²) in [4.78, 5) is 32.8. The Morgan fingerprint density at radius 1 is 1.24 bits per heavy atom. The first kappa shape index (κ1) is 22.1.